The minimum absolute atomic E-state index is 0.0398. The van der Waals surface area contributed by atoms with Crippen molar-refractivity contribution in [2.75, 3.05) is 5.32 Å². The molecule has 1 heterocycles. The number of benzene rings is 1. The molecule has 27 heavy (non-hydrogen) atoms. The van der Waals surface area contributed by atoms with E-state index in [2.05, 4.69) is 5.32 Å². The Bertz CT molecular complexity index is 706. The van der Waals surface area contributed by atoms with Gasteiger partial charge in [-0.15, -0.1) is 5.06 Å². The van der Waals surface area contributed by atoms with Gasteiger partial charge in [0.25, 0.3) is 11.8 Å². The van der Waals surface area contributed by atoms with Gasteiger partial charge in [0, 0.05) is 18.5 Å². The maximum Gasteiger partial charge on any atom is 0.411 e. The summed E-state index contributed by atoms with van der Waals surface area (Å²) in [4.78, 5) is 51.8. The van der Waals surface area contributed by atoms with Crippen molar-refractivity contribution in [3.05, 3.63) is 29.8 Å². The quantitative estimate of drug-likeness (QED) is 0.641. The molecule has 1 saturated heterocycles. The van der Waals surface area contributed by atoms with Gasteiger partial charge in [0.1, 0.15) is 6.10 Å². The first-order chi connectivity index (χ1) is 13.0. The number of rotatable bonds is 4. The first kappa shape index (κ1) is 18.9. The number of imide groups is 1. The zero-order chi connectivity index (χ0) is 19.2. The Labute approximate surface area is 156 Å². The van der Waals surface area contributed by atoms with Gasteiger partial charge in [-0.2, -0.15) is 0 Å². The molecule has 1 aromatic rings. The number of carbonyl (C=O) groups is 4. The van der Waals surface area contributed by atoms with Gasteiger partial charge in [0.05, 0.1) is 5.56 Å². The van der Waals surface area contributed by atoms with E-state index in [1.54, 1.807) is 0 Å². The van der Waals surface area contributed by atoms with Crippen LogP contribution in [-0.2, 0) is 19.2 Å². The van der Waals surface area contributed by atoms with E-state index in [9.17, 15) is 19.2 Å². The van der Waals surface area contributed by atoms with Gasteiger partial charge in [-0.25, -0.2) is 9.59 Å². The number of nitrogens with one attached hydrogen (secondary N) is 1. The van der Waals surface area contributed by atoms with Crippen LogP contribution in [0.5, 0.6) is 0 Å². The molecular formula is C19H22N2O6. The Morgan fingerprint density at radius 1 is 0.926 bits per heavy atom. The fourth-order valence-electron chi connectivity index (χ4n) is 3.14. The zero-order valence-electron chi connectivity index (χ0n) is 14.9. The summed E-state index contributed by atoms with van der Waals surface area (Å²) in [6, 6.07) is 5.93. The van der Waals surface area contributed by atoms with Crippen LogP contribution in [0.25, 0.3) is 0 Å². The highest BCUT2D eigenvalue weighted by molar-refractivity contribution is 6.02. The number of hydroxylamine groups is 2. The molecule has 3 amide bonds. The van der Waals surface area contributed by atoms with Gasteiger partial charge in [-0.05, 0) is 49.9 Å². The monoisotopic (exact) mass is 374 g/mol. The Hall–Kier alpha value is -2.90. The largest absolute Gasteiger partial charge is 0.446 e. The lowest BCUT2D eigenvalue weighted by atomic mass is 10.1. The van der Waals surface area contributed by atoms with E-state index in [-0.39, 0.29) is 24.5 Å². The third kappa shape index (κ3) is 5.06. The first-order valence-electron chi connectivity index (χ1n) is 9.19. The Kier molecular flexibility index (Phi) is 6.05. The number of carbonyl (C=O) groups excluding carboxylic acids is 4. The highest BCUT2D eigenvalue weighted by atomic mass is 16.7. The molecular weight excluding hydrogens is 352 g/mol. The van der Waals surface area contributed by atoms with Gasteiger partial charge in [0.15, 0.2) is 0 Å². The van der Waals surface area contributed by atoms with E-state index in [0.717, 1.165) is 25.7 Å². The third-order valence-corrected chi connectivity index (χ3v) is 4.62. The van der Waals surface area contributed by atoms with Crippen molar-refractivity contribution in [2.45, 2.75) is 57.5 Å². The van der Waals surface area contributed by atoms with Crippen LogP contribution in [0.15, 0.2) is 24.3 Å². The molecule has 0 aromatic heterocycles. The molecule has 0 unspecified atom stereocenters. The lowest BCUT2D eigenvalue weighted by Crippen LogP contribution is -2.32. The van der Waals surface area contributed by atoms with E-state index in [1.165, 1.54) is 37.1 Å². The normalized spacial score (nSPS) is 18.1. The van der Waals surface area contributed by atoms with Crippen LogP contribution in [0.4, 0.5) is 10.5 Å². The number of amides is 3. The molecule has 1 saturated carbocycles. The molecule has 1 aliphatic carbocycles. The van der Waals surface area contributed by atoms with Gasteiger partial charge in [-0.1, -0.05) is 12.8 Å². The van der Waals surface area contributed by atoms with Crippen LogP contribution < -0.4 is 5.32 Å². The van der Waals surface area contributed by atoms with Gasteiger partial charge >= 0.3 is 12.1 Å². The number of ether oxygens (including phenoxy) is 1. The fourth-order valence-corrected chi connectivity index (χ4v) is 3.14. The molecule has 0 spiro atoms. The highest BCUT2D eigenvalue weighted by Gasteiger charge is 2.33. The number of anilines is 1. The van der Waals surface area contributed by atoms with Crippen LogP contribution >= 0.6 is 0 Å². The maximum absolute atomic E-state index is 12.0. The lowest BCUT2D eigenvalue weighted by Gasteiger charge is -2.16. The van der Waals surface area contributed by atoms with Gasteiger partial charge in [-0.3, -0.25) is 14.9 Å². The number of hydrogen-bond donors (Lipinski definition) is 1. The van der Waals surface area contributed by atoms with E-state index >= 15 is 0 Å². The summed E-state index contributed by atoms with van der Waals surface area (Å²) in [5.74, 6) is -1.88. The number of hydrogen-bond acceptors (Lipinski definition) is 6. The second-order valence-corrected chi connectivity index (χ2v) is 6.68. The van der Waals surface area contributed by atoms with E-state index in [4.69, 9.17) is 9.57 Å². The van der Waals surface area contributed by atoms with Gasteiger partial charge < -0.3 is 9.57 Å². The zero-order valence-corrected chi connectivity index (χ0v) is 14.9. The lowest BCUT2D eigenvalue weighted by molar-refractivity contribution is -0.172. The molecule has 0 atom stereocenters. The minimum atomic E-state index is -0.814. The summed E-state index contributed by atoms with van der Waals surface area (Å²) in [7, 11) is 0. The predicted octanol–water partition coefficient (Wildman–Crippen LogP) is 3.18. The molecule has 8 nitrogen and oxygen atoms in total. The summed E-state index contributed by atoms with van der Waals surface area (Å²) in [6.07, 6.45) is 5.74. The van der Waals surface area contributed by atoms with Crippen molar-refractivity contribution >= 4 is 29.6 Å². The van der Waals surface area contributed by atoms with E-state index < -0.39 is 23.9 Å². The molecule has 144 valence electrons. The topological polar surface area (TPSA) is 102 Å². The predicted molar refractivity (Wildman–Crippen MR) is 94.5 cm³/mol. The third-order valence-electron chi connectivity index (χ3n) is 4.62. The summed E-state index contributed by atoms with van der Waals surface area (Å²) in [6.45, 7) is 0. The van der Waals surface area contributed by atoms with Crippen LogP contribution in [0.3, 0.4) is 0 Å². The van der Waals surface area contributed by atoms with Crippen molar-refractivity contribution in [3.63, 3.8) is 0 Å². The molecule has 1 N–H and O–H groups in total. The second kappa shape index (κ2) is 8.66. The molecule has 8 heteroatoms. The number of nitrogens with zero attached hydrogens (tertiary/aromatic N) is 1. The summed E-state index contributed by atoms with van der Waals surface area (Å²) < 4.78 is 5.44. The van der Waals surface area contributed by atoms with Crippen molar-refractivity contribution < 1.29 is 28.8 Å². The van der Waals surface area contributed by atoms with Crippen molar-refractivity contribution in [3.8, 4) is 0 Å². The molecule has 1 aromatic carbocycles. The molecule has 3 rings (SSSR count). The van der Waals surface area contributed by atoms with Crippen LogP contribution in [-0.4, -0.2) is 35.0 Å². The van der Waals surface area contributed by atoms with Crippen LogP contribution in [0.1, 0.15) is 61.7 Å². The Morgan fingerprint density at radius 2 is 1.52 bits per heavy atom. The van der Waals surface area contributed by atoms with Gasteiger partial charge in [0.2, 0.25) is 0 Å². The van der Waals surface area contributed by atoms with E-state index in [0.29, 0.717) is 10.8 Å². The summed E-state index contributed by atoms with van der Waals surface area (Å²) >= 11 is 0. The molecule has 0 radical (unpaired) electrons. The molecule has 2 aliphatic rings. The fraction of sp³-hybridized carbons (Fsp3) is 0.474. The highest BCUT2D eigenvalue weighted by Crippen LogP contribution is 2.21. The SMILES string of the molecule is O=C(Nc1ccc(C(=O)ON2C(=O)CCC2=O)cc1)OC1CCCCCC1. The average molecular weight is 374 g/mol. The Morgan fingerprint density at radius 3 is 2.11 bits per heavy atom. The Balaban J connectivity index is 1.52. The minimum Gasteiger partial charge on any atom is -0.446 e. The smallest absolute Gasteiger partial charge is 0.411 e. The maximum atomic E-state index is 12.0. The summed E-state index contributed by atoms with van der Waals surface area (Å²) in [5, 5.41) is 3.13. The van der Waals surface area contributed by atoms with Crippen LogP contribution in [0, 0.1) is 0 Å². The average Bonchev–Trinajstić information content (AvgIpc) is 2.85. The van der Waals surface area contributed by atoms with Crippen molar-refractivity contribution in [2.24, 2.45) is 0 Å². The molecule has 1 aliphatic heterocycles. The van der Waals surface area contributed by atoms with Crippen molar-refractivity contribution in [1.29, 1.82) is 0 Å². The first-order valence-corrected chi connectivity index (χ1v) is 9.19. The van der Waals surface area contributed by atoms with Crippen molar-refractivity contribution in [1.82, 2.24) is 5.06 Å². The standard InChI is InChI=1S/C19H22N2O6/c22-16-11-12-17(23)21(16)27-18(24)13-7-9-14(10-8-13)20-19(25)26-15-5-3-1-2-4-6-15/h7-10,15H,1-6,11-12H2,(H,20,25). The van der Waals surface area contributed by atoms with Crippen LogP contribution in [0.2, 0.25) is 0 Å². The second-order valence-electron chi connectivity index (χ2n) is 6.68. The summed E-state index contributed by atoms with van der Waals surface area (Å²) in [5.41, 5.74) is 0.628. The molecule has 0 bridgehead atoms. The molecule has 2 fully saturated rings. The van der Waals surface area contributed by atoms with E-state index in [1.807, 2.05) is 0 Å².